The van der Waals surface area contributed by atoms with E-state index in [1.165, 1.54) is 19.8 Å². The third kappa shape index (κ3) is 4.60. The fourth-order valence-corrected chi connectivity index (χ4v) is 5.92. The number of rotatable bonds is 7. The van der Waals surface area contributed by atoms with Crippen LogP contribution in [0.15, 0.2) is 66.8 Å². The molecular weight excluding hydrogens is 476 g/mol. The second kappa shape index (κ2) is 10.2. The molecule has 1 atom stereocenters. The Balaban J connectivity index is 1.79. The molecule has 0 aliphatic heterocycles. The number of nitrogens with two attached hydrogens (primary N) is 1. The van der Waals surface area contributed by atoms with E-state index in [0.717, 1.165) is 40.7 Å². The van der Waals surface area contributed by atoms with Crippen LogP contribution in [0.5, 0.6) is 0 Å². The van der Waals surface area contributed by atoms with Gasteiger partial charge in [0.1, 0.15) is 0 Å². The molecule has 7 nitrogen and oxygen atoms in total. The van der Waals surface area contributed by atoms with Crippen LogP contribution < -0.4 is 5.73 Å². The van der Waals surface area contributed by atoms with Gasteiger partial charge in [0.05, 0.1) is 28.3 Å². The molecule has 0 bridgehead atoms. The number of hydrogen-bond donors (Lipinski definition) is 2. The lowest BCUT2D eigenvalue weighted by atomic mass is 9.94. The standard InChI is InChI=1S/C31H32N4O3/c1-18-14-22(11-12-24(18)31(37)38)25-17-35(30(21-8-4-5-9-21)26-10-6-7-13-33-26)27-15-23(16-34-29(25)27)28(19(2)32)20(3)36/h6-7,10-17,21,30H,4-5,8-9,32H2,1-3H3,(H,37,38). The first-order valence-electron chi connectivity index (χ1n) is 13.0. The first kappa shape index (κ1) is 25.4. The average molecular weight is 509 g/mol. The van der Waals surface area contributed by atoms with Gasteiger partial charge >= 0.3 is 5.97 Å². The van der Waals surface area contributed by atoms with Gasteiger partial charge in [-0.3, -0.25) is 14.8 Å². The van der Waals surface area contributed by atoms with Gasteiger partial charge in [-0.05, 0) is 74.9 Å². The molecular formula is C31H32N4O3. The molecule has 1 aliphatic rings. The van der Waals surface area contributed by atoms with Crippen molar-refractivity contribution < 1.29 is 14.7 Å². The highest BCUT2D eigenvalue weighted by molar-refractivity contribution is 6.20. The van der Waals surface area contributed by atoms with Crippen molar-refractivity contribution in [3.05, 3.63) is 89.1 Å². The molecule has 4 aromatic rings. The molecule has 7 heteroatoms. The van der Waals surface area contributed by atoms with E-state index in [1.807, 2.05) is 36.5 Å². The Morgan fingerprint density at radius 2 is 1.84 bits per heavy atom. The smallest absolute Gasteiger partial charge is 0.335 e. The van der Waals surface area contributed by atoms with Gasteiger partial charge in [0.15, 0.2) is 5.78 Å². The number of aromatic carboxylic acids is 1. The molecule has 0 spiro atoms. The lowest BCUT2D eigenvalue weighted by Gasteiger charge is -2.26. The summed E-state index contributed by atoms with van der Waals surface area (Å²) in [6, 6.07) is 13.4. The summed E-state index contributed by atoms with van der Waals surface area (Å²) in [4.78, 5) is 33.7. The fraction of sp³-hybridized carbons (Fsp3) is 0.290. The van der Waals surface area contributed by atoms with Crippen LogP contribution in [0.25, 0.3) is 27.7 Å². The highest BCUT2D eigenvalue weighted by Gasteiger charge is 2.31. The van der Waals surface area contributed by atoms with Crippen LogP contribution in [0.2, 0.25) is 0 Å². The summed E-state index contributed by atoms with van der Waals surface area (Å²) in [5, 5.41) is 9.53. The van der Waals surface area contributed by atoms with Crippen LogP contribution in [0.4, 0.5) is 0 Å². The number of Topliss-reactive ketones (excluding diaryl/α,β-unsaturated/α-hetero) is 1. The van der Waals surface area contributed by atoms with Crippen LogP contribution >= 0.6 is 0 Å². The van der Waals surface area contributed by atoms with Crippen LogP contribution in [-0.4, -0.2) is 31.4 Å². The Hall–Kier alpha value is -4.26. The predicted molar refractivity (Wildman–Crippen MR) is 149 cm³/mol. The maximum Gasteiger partial charge on any atom is 0.335 e. The zero-order valence-corrected chi connectivity index (χ0v) is 21.9. The van der Waals surface area contributed by atoms with Crippen molar-refractivity contribution >= 4 is 28.4 Å². The zero-order chi connectivity index (χ0) is 27.0. The van der Waals surface area contributed by atoms with Crippen molar-refractivity contribution in [1.82, 2.24) is 14.5 Å². The van der Waals surface area contributed by atoms with Gasteiger partial charge < -0.3 is 15.4 Å². The molecule has 1 fully saturated rings. The number of nitrogens with zero attached hydrogens (tertiary/aromatic N) is 3. The first-order chi connectivity index (χ1) is 18.3. The van der Waals surface area contributed by atoms with E-state index < -0.39 is 5.97 Å². The largest absolute Gasteiger partial charge is 0.478 e. The Morgan fingerprint density at radius 3 is 2.45 bits per heavy atom. The molecule has 3 aromatic heterocycles. The lowest BCUT2D eigenvalue weighted by Crippen LogP contribution is -2.19. The van der Waals surface area contributed by atoms with Gasteiger partial charge in [-0.2, -0.15) is 0 Å². The number of carbonyl (C=O) groups is 2. The van der Waals surface area contributed by atoms with Gasteiger partial charge in [-0.25, -0.2) is 4.79 Å². The zero-order valence-electron chi connectivity index (χ0n) is 21.9. The number of aryl methyl sites for hydroxylation is 1. The topological polar surface area (TPSA) is 111 Å². The van der Waals surface area contributed by atoms with Crippen molar-refractivity contribution in [3.8, 4) is 11.1 Å². The summed E-state index contributed by atoms with van der Waals surface area (Å²) in [5.41, 5.74) is 13.1. The highest BCUT2D eigenvalue weighted by Crippen LogP contribution is 2.42. The number of carboxylic acids is 1. The Morgan fingerprint density at radius 1 is 1.08 bits per heavy atom. The van der Waals surface area contributed by atoms with E-state index in [9.17, 15) is 14.7 Å². The Kier molecular flexibility index (Phi) is 6.85. The molecule has 1 saturated carbocycles. The minimum atomic E-state index is -0.948. The van der Waals surface area contributed by atoms with Crippen molar-refractivity contribution in [2.24, 2.45) is 11.7 Å². The summed E-state index contributed by atoms with van der Waals surface area (Å²) in [6.45, 7) is 5.05. The minimum absolute atomic E-state index is 0.00452. The number of carbonyl (C=O) groups excluding carboxylic acids is 1. The molecule has 3 N–H and O–H groups in total. The van der Waals surface area contributed by atoms with Gasteiger partial charge in [0.2, 0.25) is 0 Å². The molecule has 1 aliphatic carbocycles. The lowest BCUT2D eigenvalue weighted by molar-refractivity contribution is -0.111. The number of pyridine rings is 2. The van der Waals surface area contributed by atoms with Crippen molar-refractivity contribution in [1.29, 1.82) is 0 Å². The Labute approximate surface area is 222 Å². The van der Waals surface area contributed by atoms with E-state index in [-0.39, 0.29) is 17.4 Å². The van der Waals surface area contributed by atoms with E-state index in [2.05, 4.69) is 16.8 Å². The normalized spacial score (nSPS) is 15.4. The first-order valence-corrected chi connectivity index (χ1v) is 13.0. The fourth-order valence-electron chi connectivity index (χ4n) is 5.92. The maximum atomic E-state index is 12.5. The number of hydrogen-bond acceptors (Lipinski definition) is 5. The molecule has 0 saturated heterocycles. The minimum Gasteiger partial charge on any atom is -0.478 e. The van der Waals surface area contributed by atoms with Gasteiger partial charge in [-0.15, -0.1) is 0 Å². The summed E-state index contributed by atoms with van der Waals surface area (Å²) in [5.74, 6) is -0.648. The number of aromatic nitrogens is 3. The van der Waals surface area contributed by atoms with E-state index in [4.69, 9.17) is 15.7 Å². The second-order valence-electron chi connectivity index (χ2n) is 10.2. The summed E-state index contributed by atoms with van der Waals surface area (Å²) in [6.07, 6.45) is 10.2. The quantitative estimate of drug-likeness (QED) is 0.289. The predicted octanol–water partition coefficient (Wildman–Crippen LogP) is 6.16. The van der Waals surface area contributed by atoms with Crippen LogP contribution in [0.3, 0.4) is 0 Å². The molecule has 38 heavy (non-hydrogen) atoms. The van der Waals surface area contributed by atoms with E-state index in [1.54, 1.807) is 26.1 Å². The van der Waals surface area contributed by atoms with Crippen LogP contribution in [0.1, 0.15) is 72.8 Å². The Bertz CT molecular complexity index is 1560. The van der Waals surface area contributed by atoms with Crippen LogP contribution in [0, 0.1) is 12.8 Å². The van der Waals surface area contributed by atoms with Gasteiger partial charge in [0.25, 0.3) is 0 Å². The van der Waals surface area contributed by atoms with Gasteiger partial charge in [-0.1, -0.05) is 31.0 Å². The number of allylic oxidation sites excluding steroid dienone is 2. The molecule has 1 unspecified atom stereocenters. The number of benzene rings is 1. The number of fused-ring (bicyclic) bond motifs is 1. The summed E-state index contributed by atoms with van der Waals surface area (Å²) in [7, 11) is 0. The van der Waals surface area contributed by atoms with Crippen LogP contribution in [-0.2, 0) is 4.79 Å². The van der Waals surface area contributed by atoms with Crippen molar-refractivity contribution in [2.75, 3.05) is 0 Å². The summed E-state index contributed by atoms with van der Waals surface area (Å²) >= 11 is 0. The van der Waals surface area contributed by atoms with Gasteiger partial charge in [0, 0.05) is 41.0 Å². The molecule has 194 valence electrons. The van der Waals surface area contributed by atoms with E-state index >= 15 is 0 Å². The molecule has 0 amide bonds. The average Bonchev–Trinajstić information content (AvgIpc) is 3.53. The number of ketones is 1. The second-order valence-corrected chi connectivity index (χ2v) is 10.2. The highest BCUT2D eigenvalue weighted by atomic mass is 16.4. The third-order valence-electron chi connectivity index (χ3n) is 7.61. The van der Waals surface area contributed by atoms with Crippen molar-refractivity contribution in [2.45, 2.75) is 52.5 Å². The summed E-state index contributed by atoms with van der Waals surface area (Å²) < 4.78 is 2.25. The monoisotopic (exact) mass is 508 g/mol. The SMILES string of the molecule is CC(=O)C(=C(C)N)c1cnc2c(-c3ccc(C(=O)O)c(C)c3)cn(C(c3ccccn3)C3CCCC3)c2c1. The number of carboxylic acid groups (broad SMARTS) is 1. The molecule has 3 heterocycles. The molecule has 5 rings (SSSR count). The van der Waals surface area contributed by atoms with Crippen molar-refractivity contribution in [3.63, 3.8) is 0 Å². The van der Waals surface area contributed by atoms with E-state index in [0.29, 0.717) is 28.3 Å². The third-order valence-corrected chi connectivity index (χ3v) is 7.61. The molecule has 0 radical (unpaired) electrons. The maximum absolute atomic E-state index is 12.5. The molecule has 1 aromatic carbocycles.